The Morgan fingerprint density at radius 1 is 1.30 bits per heavy atom. The lowest BCUT2D eigenvalue weighted by atomic mass is 10.1. The van der Waals surface area contributed by atoms with Crippen molar-refractivity contribution in [2.45, 2.75) is 24.3 Å². The van der Waals surface area contributed by atoms with E-state index in [9.17, 15) is 8.42 Å². The molecule has 1 heterocycles. The highest BCUT2D eigenvalue weighted by atomic mass is 32.2. The number of benzene rings is 1. The van der Waals surface area contributed by atoms with Crippen LogP contribution in [0.1, 0.15) is 23.6 Å². The fourth-order valence-electron chi connectivity index (χ4n) is 1.86. The zero-order chi connectivity index (χ0) is 14.6. The lowest BCUT2D eigenvalue weighted by Gasteiger charge is -2.16. The molecule has 0 spiro atoms. The van der Waals surface area contributed by atoms with Crippen LogP contribution in [0.25, 0.3) is 0 Å². The maximum absolute atomic E-state index is 12.3. The number of sulfonamides is 1. The third kappa shape index (κ3) is 3.37. The van der Waals surface area contributed by atoms with Crippen molar-refractivity contribution in [2.75, 3.05) is 0 Å². The van der Waals surface area contributed by atoms with Gasteiger partial charge in [0.05, 0.1) is 23.5 Å². The summed E-state index contributed by atoms with van der Waals surface area (Å²) in [4.78, 5) is 0.251. The molecule has 0 aliphatic rings. The van der Waals surface area contributed by atoms with E-state index in [0.29, 0.717) is 6.42 Å². The van der Waals surface area contributed by atoms with Gasteiger partial charge >= 0.3 is 0 Å². The molecule has 20 heavy (non-hydrogen) atoms. The van der Waals surface area contributed by atoms with Crippen LogP contribution >= 0.6 is 0 Å². The first-order valence-corrected chi connectivity index (χ1v) is 7.73. The number of nitrogens with one attached hydrogen (secondary N) is 1. The fraction of sp³-hybridized carbons (Fsp3) is 0.200. The molecule has 5 heteroatoms. The minimum atomic E-state index is -3.56. The molecule has 1 N–H and O–H groups in total. The molecule has 0 bridgehead atoms. The highest BCUT2D eigenvalue weighted by molar-refractivity contribution is 7.89. The number of furan rings is 1. The Hall–Kier alpha value is -1.85. The Balaban J connectivity index is 2.25. The van der Waals surface area contributed by atoms with Crippen molar-refractivity contribution in [1.82, 2.24) is 4.72 Å². The van der Waals surface area contributed by atoms with Crippen LogP contribution in [0, 0.1) is 6.92 Å². The molecule has 1 aromatic carbocycles. The van der Waals surface area contributed by atoms with Crippen molar-refractivity contribution >= 4 is 10.0 Å². The van der Waals surface area contributed by atoms with Crippen molar-refractivity contribution < 1.29 is 12.8 Å². The fourth-order valence-corrected chi connectivity index (χ4v) is 3.10. The summed E-state index contributed by atoms with van der Waals surface area (Å²) in [5, 5.41) is 0. The van der Waals surface area contributed by atoms with Gasteiger partial charge in [-0.1, -0.05) is 23.8 Å². The first-order chi connectivity index (χ1) is 9.53. The molecule has 0 aliphatic heterocycles. The van der Waals surface area contributed by atoms with Crippen LogP contribution in [0.15, 0.2) is 64.8 Å². The minimum Gasteiger partial charge on any atom is -0.472 e. The minimum absolute atomic E-state index is 0.251. The van der Waals surface area contributed by atoms with Crippen LogP contribution in [0.5, 0.6) is 0 Å². The van der Waals surface area contributed by atoms with E-state index in [-0.39, 0.29) is 10.9 Å². The Morgan fingerprint density at radius 3 is 2.55 bits per heavy atom. The third-order valence-corrected chi connectivity index (χ3v) is 4.46. The van der Waals surface area contributed by atoms with E-state index in [1.54, 1.807) is 36.4 Å². The van der Waals surface area contributed by atoms with Crippen LogP contribution in [0.4, 0.5) is 0 Å². The molecule has 2 aromatic rings. The molecule has 1 unspecified atom stereocenters. The Labute approximate surface area is 119 Å². The predicted octanol–water partition coefficient (Wildman–Crippen LogP) is 3.18. The van der Waals surface area contributed by atoms with E-state index in [4.69, 9.17) is 4.42 Å². The molecule has 0 fully saturated rings. The average Bonchev–Trinajstić information content (AvgIpc) is 2.92. The first kappa shape index (κ1) is 14.6. The molecule has 0 saturated heterocycles. The van der Waals surface area contributed by atoms with E-state index in [0.717, 1.165) is 11.1 Å². The molecular formula is C15H17NO3S. The van der Waals surface area contributed by atoms with E-state index in [1.165, 1.54) is 12.5 Å². The summed E-state index contributed by atoms with van der Waals surface area (Å²) in [6.07, 6.45) is 5.22. The van der Waals surface area contributed by atoms with Gasteiger partial charge in [-0.2, -0.15) is 0 Å². The second-order valence-corrected chi connectivity index (χ2v) is 6.28. The molecule has 1 atom stereocenters. The normalized spacial score (nSPS) is 13.1. The summed E-state index contributed by atoms with van der Waals surface area (Å²) in [6.45, 7) is 5.57. The van der Waals surface area contributed by atoms with Crippen molar-refractivity contribution in [3.05, 3.63) is 66.6 Å². The third-order valence-electron chi connectivity index (χ3n) is 2.98. The summed E-state index contributed by atoms with van der Waals surface area (Å²) in [5.41, 5.74) is 1.79. The second kappa shape index (κ2) is 6.07. The Morgan fingerprint density at radius 2 is 2.00 bits per heavy atom. The molecule has 0 saturated carbocycles. The summed E-state index contributed by atoms with van der Waals surface area (Å²) >= 11 is 0. The summed E-state index contributed by atoms with van der Waals surface area (Å²) < 4.78 is 32.4. The lowest BCUT2D eigenvalue weighted by Crippen LogP contribution is -2.28. The van der Waals surface area contributed by atoms with Gasteiger partial charge in [-0.15, -0.1) is 6.58 Å². The lowest BCUT2D eigenvalue weighted by molar-refractivity contribution is 0.542. The summed E-state index contributed by atoms with van der Waals surface area (Å²) in [6, 6.07) is 8.10. The molecule has 0 radical (unpaired) electrons. The molecule has 1 aromatic heterocycles. The van der Waals surface area contributed by atoms with Crippen LogP contribution < -0.4 is 4.72 Å². The SMILES string of the molecule is C=CCC(NS(=O)(=O)c1ccc(C)cc1)c1ccoc1. The van der Waals surface area contributed by atoms with Gasteiger partial charge < -0.3 is 4.42 Å². The van der Waals surface area contributed by atoms with Crippen molar-refractivity contribution in [2.24, 2.45) is 0 Å². The molecular weight excluding hydrogens is 274 g/mol. The zero-order valence-corrected chi connectivity index (χ0v) is 12.1. The van der Waals surface area contributed by atoms with Gasteiger partial charge in [0.2, 0.25) is 10.0 Å². The number of rotatable bonds is 6. The van der Waals surface area contributed by atoms with Gasteiger partial charge in [-0.05, 0) is 31.5 Å². The van der Waals surface area contributed by atoms with E-state index < -0.39 is 10.0 Å². The molecule has 2 rings (SSSR count). The Kier molecular flexibility index (Phi) is 4.42. The maximum Gasteiger partial charge on any atom is 0.241 e. The smallest absolute Gasteiger partial charge is 0.241 e. The topological polar surface area (TPSA) is 59.3 Å². The number of aryl methyl sites for hydroxylation is 1. The average molecular weight is 291 g/mol. The van der Waals surface area contributed by atoms with Crippen LogP contribution in [0.2, 0.25) is 0 Å². The number of hydrogen-bond donors (Lipinski definition) is 1. The van der Waals surface area contributed by atoms with Gasteiger partial charge in [0.1, 0.15) is 0 Å². The highest BCUT2D eigenvalue weighted by Gasteiger charge is 2.21. The summed E-state index contributed by atoms with van der Waals surface area (Å²) in [7, 11) is -3.56. The van der Waals surface area contributed by atoms with Crippen LogP contribution in [-0.2, 0) is 10.0 Å². The standard InChI is InChI=1S/C15H17NO3S/c1-3-4-15(13-9-10-19-11-13)16-20(17,18)14-7-5-12(2)6-8-14/h3,5-11,15-16H,1,4H2,2H3. The molecule has 0 aliphatic carbocycles. The quantitative estimate of drug-likeness (QED) is 0.832. The molecule has 0 amide bonds. The second-order valence-electron chi connectivity index (χ2n) is 4.57. The maximum atomic E-state index is 12.3. The summed E-state index contributed by atoms with van der Waals surface area (Å²) in [5.74, 6) is 0. The Bertz CT molecular complexity index is 658. The number of hydrogen-bond acceptors (Lipinski definition) is 3. The molecule has 4 nitrogen and oxygen atoms in total. The molecule has 106 valence electrons. The highest BCUT2D eigenvalue weighted by Crippen LogP contribution is 2.21. The van der Waals surface area contributed by atoms with Gasteiger partial charge in [-0.3, -0.25) is 0 Å². The zero-order valence-electron chi connectivity index (χ0n) is 11.2. The van der Waals surface area contributed by atoms with Crippen molar-refractivity contribution in [3.8, 4) is 0 Å². The van der Waals surface area contributed by atoms with Crippen molar-refractivity contribution in [3.63, 3.8) is 0 Å². The van der Waals surface area contributed by atoms with Crippen LogP contribution in [-0.4, -0.2) is 8.42 Å². The van der Waals surface area contributed by atoms with Gasteiger partial charge in [-0.25, -0.2) is 13.1 Å². The van der Waals surface area contributed by atoms with Crippen molar-refractivity contribution in [1.29, 1.82) is 0 Å². The monoisotopic (exact) mass is 291 g/mol. The van der Waals surface area contributed by atoms with Gasteiger partial charge in [0, 0.05) is 5.56 Å². The first-order valence-electron chi connectivity index (χ1n) is 6.25. The predicted molar refractivity (Wildman–Crippen MR) is 77.8 cm³/mol. The van der Waals surface area contributed by atoms with E-state index in [2.05, 4.69) is 11.3 Å². The van der Waals surface area contributed by atoms with Crippen LogP contribution in [0.3, 0.4) is 0 Å². The van der Waals surface area contributed by atoms with E-state index in [1.807, 2.05) is 6.92 Å². The van der Waals surface area contributed by atoms with E-state index >= 15 is 0 Å². The van der Waals surface area contributed by atoms with Gasteiger partial charge in [0.25, 0.3) is 0 Å². The van der Waals surface area contributed by atoms with Gasteiger partial charge in [0.15, 0.2) is 0 Å². The largest absolute Gasteiger partial charge is 0.472 e.